The highest BCUT2D eigenvalue weighted by Crippen LogP contribution is 2.18. The number of hydrogen-bond donors (Lipinski definition) is 0. The Morgan fingerprint density at radius 1 is 1.44 bits per heavy atom. The monoisotopic (exact) mass is 261 g/mol. The van der Waals surface area contributed by atoms with Gasteiger partial charge in [-0.05, 0) is 19.4 Å². The van der Waals surface area contributed by atoms with Crippen LogP contribution in [0.4, 0.5) is 6.01 Å². The van der Waals surface area contributed by atoms with Crippen LogP contribution in [-0.4, -0.2) is 39.7 Å². The molecule has 88 valence electrons. The van der Waals surface area contributed by atoms with Crippen molar-refractivity contribution in [2.24, 2.45) is 4.99 Å². The second-order valence-electron chi connectivity index (χ2n) is 2.40. The van der Waals surface area contributed by atoms with E-state index in [0.29, 0.717) is 0 Å². The number of nitrogens with zero attached hydrogens (tertiary/aromatic N) is 3. The molecule has 0 fully saturated rings. The molecular formula is C8H11N3O3S2. The van der Waals surface area contributed by atoms with Gasteiger partial charge in [-0.2, -0.15) is 4.99 Å². The van der Waals surface area contributed by atoms with Gasteiger partial charge in [-0.3, -0.25) is 0 Å². The first-order valence-electron chi connectivity index (χ1n) is 4.38. The van der Waals surface area contributed by atoms with Crippen molar-refractivity contribution in [1.29, 1.82) is 0 Å². The molecule has 0 saturated heterocycles. The first kappa shape index (κ1) is 13.0. The highest BCUT2D eigenvalue weighted by Gasteiger charge is 2.15. The lowest BCUT2D eigenvalue weighted by Crippen LogP contribution is -2.04. The van der Waals surface area contributed by atoms with Gasteiger partial charge in [0.2, 0.25) is 0 Å². The van der Waals surface area contributed by atoms with Crippen molar-refractivity contribution in [2.45, 2.75) is 6.92 Å². The van der Waals surface area contributed by atoms with Gasteiger partial charge in [-0.25, -0.2) is 4.79 Å². The van der Waals surface area contributed by atoms with E-state index in [0.717, 1.165) is 4.38 Å². The number of carbonyl (C=O) groups excluding carboxylic acids is 1. The molecule has 0 aliphatic heterocycles. The third-order valence-electron chi connectivity index (χ3n) is 1.40. The molecule has 0 aliphatic carbocycles. The highest BCUT2D eigenvalue weighted by atomic mass is 32.2. The number of carbonyl (C=O) groups is 1. The van der Waals surface area contributed by atoms with Crippen molar-refractivity contribution in [3.05, 3.63) is 5.89 Å². The summed E-state index contributed by atoms with van der Waals surface area (Å²) in [6.45, 7) is 1.97. The van der Waals surface area contributed by atoms with Crippen molar-refractivity contribution in [3.8, 4) is 0 Å². The third kappa shape index (κ3) is 3.53. The van der Waals surface area contributed by atoms with Gasteiger partial charge < -0.3 is 9.15 Å². The van der Waals surface area contributed by atoms with Crippen LogP contribution in [0, 0.1) is 0 Å². The molecule has 16 heavy (non-hydrogen) atoms. The summed E-state index contributed by atoms with van der Waals surface area (Å²) in [6.07, 6.45) is 3.77. The maximum atomic E-state index is 11.2. The minimum Gasteiger partial charge on any atom is -0.459 e. The summed E-state index contributed by atoms with van der Waals surface area (Å²) in [4.78, 5) is 15.3. The summed E-state index contributed by atoms with van der Waals surface area (Å²) in [5, 5.41) is 7.16. The molecule has 0 atom stereocenters. The van der Waals surface area contributed by atoms with Crippen LogP contribution in [0.1, 0.15) is 17.6 Å². The molecule has 0 amide bonds. The lowest BCUT2D eigenvalue weighted by atomic mass is 10.7. The summed E-state index contributed by atoms with van der Waals surface area (Å²) in [5.74, 6) is -0.812. The Hall–Kier alpha value is -1.02. The van der Waals surface area contributed by atoms with E-state index in [1.165, 1.54) is 23.5 Å². The Labute approximate surface area is 101 Å². The molecule has 6 nitrogen and oxygen atoms in total. The van der Waals surface area contributed by atoms with Crippen molar-refractivity contribution in [1.82, 2.24) is 10.2 Å². The number of esters is 1. The van der Waals surface area contributed by atoms with Gasteiger partial charge in [-0.15, -0.1) is 23.5 Å². The summed E-state index contributed by atoms with van der Waals surface area (Å²) in [5.41, 5.74) is 0. The molecule has 1 rings (SSSR count). The third-order valence-corrected chi connectivity index (χ3v) is 3.28. The highest BCUT2D eigenvalue weighted by molar-refractivity contribution is 8.38. The number of aliphatic imine (C=N–C) groups is 1. The van der Waals surface area contributed by atoms with Crippen molar-refractivity contribution < 1.29 is 13.9 Å². The molecule has 0 unspecified atom stereocenters. The first-order chi connectivity index (χ1) is 7.71. The zero-order valence-electron chi connectivity index (χ0n) is 9.09. The summed E-state index contributed by atoms with van der Waals surface area (Å²) < 4.78 is 10.5. The molecule has 0 bridgehead atoms. The van der Waals surface area contributed by atoms with Crippen LogP contribution in [0.25, 0.3) is 0 Å². The molecular weight excluding hydrogens is 250 g/mol. The Bertz CT molecular complexity index is 386. The summed E-state index contributed by atoms with van der Waals surface area (Å²) in [6, 6.07) is 0.0572. The fourth-order valence-electron chi connectivity index (χ4n) is 0.789. The van der Waals surface area contributed by atoms with Crippen LogP contribution < -0.4 is 0 Å². The zero-order chi connectivity index (χ0) is 12.0. The van der Waals surface area contributed by atoms with Gasteiger partial charge >= 0.3 is 17.9 Å². The van der Waals surface area contributed by atoms with Crippen molar-refractivity contribution in [2.75, 3.05) is 19.1 Å². The number of rotatable bonds is 3. The molecule has 0 radical (unpaired) electrons. The standard InChI is InChI=1S/C8H11N3O3S2/c1-4-13-6(12)5-10-11-7(14-5)9-8(15-2)16-3/h4H2,1-3H3. The molecule has 0 aliphatic rings. The van der Waals surface area contributed by atoms with Crippen molar-refractivity contribution >= 4 is 39.9 Å². The minimum absolute atomic E-state index is 0.0572. The van der Waals surface area contributed by atoms with Gasteiger partial charge in [0.15, 0.2) is 0 Å². The molecule has 0 aromatic carbocycles. The van der Waals surface area contributed by atoms with Crippen LogP contribution in [0.15, 0.2) is 9.41 Å². The summed E-state index contributed by atoms with van der Waals surface area (Å²) >= 11 is 2.92. The van der Waals surface area contributed by atoms with Gasteiger partial charge in [-0.1, -0.05) is 10.2 Å². The lowest BCUT2D eigenvalue weighted by Gasteiger charge is -1.94. The van der Waals surface area contributed by atoms with Crippen LogP contribution in [0.5, 0.6) is 0 Å². The Kier molecular flexibility index (Phi) is 5.33. The predicted octanol–water partition coefficient (Wildman–Crippen LogP) is 1.96. The second kappa shape index (κ2) is 6.54. The van der Waals surface area contributed by atoms with Gasteiger partial charge in [0.1, 0.15) is 4.38 Å². The number of ether oxygens (including phenoxy) is 1. The Morgan fingerprint density at radius 3 is 2.69 bits per heavy atom. The second-order valence-corrected chi connectivity index (χ2v) is 4.24. The van der Waals surface area contributed by atoms with Crippen molar-refractivity contribution in [3.63, 3.8) is 0 Å². The van der Waals surface area contributed by atoms with Crippen LogP contribution in [0.3, 0.4) is 0 Å². The van der Waals surface area contributed by atoms with Gasteiger partial charge in [0, 0.05) is 0 Å². The predicted molar refractivity (Wildman–Crippen MR) is 64.4 cm³/mol. The van der Waals surface area contributed by atoms with Crippen LogP contribution >= 0.6 is 23.5 Å². The lowest BCUT2D eigenvalue weighted by molar-refractivity contribution is 0.0481. The molecule has 8 heteroatoms. The molecule has 0 saturated carbocycles. The van der Waals surface area contributed by atoms with Crippen LogP contribution in [0.2, 0.25) is 0 Å². The fourth-order valence-corrected chi connectivity index (χ4v) is 1.79. The van der Waals surface area contributed by atoms with E-state index in [1.807, 2.05) is 12.5 Å². The van der Waals surface area contributed by atoms with E-state index < -0.39 is 5.97 Å². The molecule has 0 N–H and O–H groups in total. The zero-order valence-corrected chi connectivity index (χ0v) is 10.7. The van der Waals surface area contributed by atoms with E-state index in [1.54, 1.807) is 6.92 Å². The number of thioether (sulfide) groups is 2. The van der Waals surface area contributed by atoms with E-state index in [9.17, 15) is 4.79 Å². The van der Waals surface area contributed by atoms with Gasteiger partial charge in [0.25, 0.3) is 0 Å². The average molecular weight is 261 g/mol. The van der Waals surface area contributed by atoms with E-state index in [4.69, 9.17) is 9.15 Å². The Morgan fingerprint density at radius 2 is 2.12 bits per heavy atom. The maximum Gasteiger partial charge on any atom is 0.396 e. The smallest absolute Gasteiger partial charge is 0.396 e. The van der Waals surface area contributed by atoms with Gasteiger partial charge in [0.05, 0.1) is 6.61 Å². The maximum absolute atomic E-state index is 11.2. The van der Waals surface area contributed by atoms with Crippen LogP contribution in [-0.2, 0) is 4.74 Å². The number of hydrogen-bond acceptors (Lipinski definition) is 8. The van der Waals surface area contributed by atoms with E-state index in [2.05, 4.69) is 15.2 Å². The fraction of sp³-hybridized carbons (Fsp3) is 0.500. The normalized spacial score (nSPS) is 9.94. The van der Waals surface area contributed by atoms with E-state index >= 15 is 0 Å². The Balaban J connectivity index is 2.78. The molecule has 1 aromatic rings. The van der Waals surface area contributed by atoms with E-state index in [-0.39, 0.29) is 18.5 Å². The largest absolute Gasteiger partial charge is 0.459 e. The first-order valence-corrected chi connectivity index (χ1v) is 6.83. The topological polar surface area (TPSA) is 77.6 Å². The molecule has 1 heterocycles. The molecule has 1 aromatic heterocycles. The minimum atomic E-state index is -0.633. The quantitative estimate of drug-likeness (QED) is 0.467. The number of aromatic nitrogens is 2. The average Bonchev–Trinajstić information content (AvgIpc) is 2.74. The summed E-state index contributed by atoms with van der Waals surface area (Å²) in [7, 11) is 0. The SMILES string of the molecule is CCOC(=O)c1nnc(N=C(SC)SC)o1. The molecule has 0 spiro atoms.